The molecule has 0 bridgehead atoms. The molecule has 0 saturated heterocycles. The molecule has 0 fully saturated rings. The Balaban J connectivity index is 2.26. The molecular formula is C16H12BrN3O4. The third kappa shape index (κ3) is 4.26. The number of nitro benzene ring substituents is 1. The van der Waals surface area contributed by atoms with Crippen molar-refractivity contribution >= 4 is 39.5 Å². The average molecular weight is 390 g/mol. The fraction of sp³-hybridized carbons (Fsp3) is 0. The fourth-order valence-corrected chi connectivity index (χ4v) is 2.33. The Kier molecular flexibility index (Phi) is 5.43. The Morgan fingerprint density at radius 2 is 1.75 bits per heavy atom. The number of carbonyl (C=O) groups excluding carboxylic acids is 2. The molecule has 0 aliphatic carbocycles. The molecule has 24 heavy (non-hydrogen) atoms. The van der Waals surface area contributed by atoms with Crippen LogP contribution in [0.25, 0.3) is 6.08 Å². The van der Waals surface area contributed by atoms with E-state index in [4.69, 9.17) is 5.73 Å². The van der Waals surface area contributed by atoms with E-state index in [-0.39, 0.29) is 11.4 Å². The standard InChI is InChI=1S/C16H12BrN3O4/c17-13-4-2-1-3-12(13)16(22)19-14(15(18)21)9-10-5-7-11(8-6-10)20(23)24/h1-9H,(H2,18,21)(H,19,22)/b14-9+. The van der Waals surface area contributed by atoms with Gasteiger partial charge in [-0.2, -0.15) is 0 Å². The molecule has 8 heteroatoms. The van der Waals surface area contributed by atoms with Crippen molar-refractivity contribution in [2.24, 2.45) is 5.73 Å². The summed E-state index contributed by atoms with van der Waals surface area (Å²) < 4.78 is 0.571. The number of primary amides is 1. The van der Waals surface area contributed by atoms with Crippen LogP contribution in [-0.2, 0) is 4.79 Å². The van der Waals surface area contributed by atoms with E-state index in [9.17, 15) is 19.7 Å². The number of halogens is 1. The molecule has 7 nitrogen and oxygen atoms in total. The molecule has 0 spiro atoms. The molecule has 0 unspecified atom stereocenters. The first-order valence-corrected chi connectivity index (χ1v) is 7.49. The summed E-state index contributed by atoms with van der Waals surface area (Å²) in [4.78, 5) is 33.9. The molecular weight excluding hydrogens is 378 g/mol. The number of nitrogens with zero attached hydrogens (tertiary/aromatic N) is 1. The maximum atomic E-state index is 12.2. The van der Waals surface area contributed by atoms with Crippen molar-refractivity contribution in [3.8, 4) is 0 Å². The smallest absolute Gasteiger partial charge is 0.269 e. The van der Waals surface area contributed by atoms with E-state index in [1.54, 1.807) is 24.3 Å². The summed E-state index contributed by atoms with van der Waals surface area (Å²) in [6.45, 7) is 0. The van der Waals surface area contributed by atoms with Crippen molar-refractivity contribution < 1.29 is 14.5 Å². The zero-order chi connectivity index (χ0) is 17.7. The number of carbonyl (C=O) groups is 2. The van der Waals surface area contributed by atoms with Crippen molar-refractivity contribution in [2.75, 3.05) is 0 Å². The van der Waals surface area contributed by atoms with Gasteiger partial charge in [-0.15, -0.1) is 0 Å². The van der Waals surface area contributed by atoms with Gasteiger partial charge in [-0.3, -0.25) is 19.7 Å². The lowest BCUT2D eigenvalue weighted by Gasteiger charge is -2.08. The first kappa shape index (κ1) is 17.4. The Bertz CT molecular complexity index is 831. The molecule has 0 aliphatic heterocycles. The van der Waals surface area contributed by atoms with E-state index in [0.717, 1.165) is 0 Å². The van der Waals surface area contributed by atoms with Crippen LogP contribution in [0.5, 0.6) is 0 Å². The topological polar surface area (TPSA) is 115 Å². The van der Waals surface area contributed by atoms with E-state index in [2.05, 4.69) is 21.2 Å². The minimum absolute atomic E-state index is 0.0787. The van der Waals surface area contributed by atoms with Crippen LogP contribution in [0, 0.1) is 10.1 Å². The second kappa shape index (κ2) is 7.51. The summed E-state index contributed by atoms with van der Waals surface area (Å²) in [6, 6.07) is 12.2. The summed E-state index contributed by atoms with van der Waals surface area (Å²) in [5.74, 6) is -1.33. The van der Waals surface area contributed by atoms with Gasteiger partial charge in [0.05, 0.1) is 10.5 Å². The van der Waals surface area contributed by atoms with E-state index in [1.807, 2.05) is 0 Å². The Morgan fingerprint density at radius 3 is 2.29 bits per heavy atom. The largest absolute Gasteiger partial charge is 0.364 e. The summed E-state index contributed by atoms with van der Waals surface area (Å²) in [6.07, 6.45) is 1.35. The minimum Gasteiger partial charge on any atom is -0.364 e. The van der Waals surface area contributed by atoms with Crippen LogP contribution in [0.2, 0.25) is 0 Å². The van der Waals surface area contributed by atoms with Gasteiger partial charge in [0.15, 0.2) is 0 Å². The normalized spacial score (nSPS) is 11.0. The van der Waals surface area contributed by atoms with Gasteiger partial charge in [-0.1, -0.05) is 12.1 Å². The summed E-state index contributed by atoms with van der Waals surface area (Å²) in [5.41, 5.74) is 5.91. The SMILES string of the molecule is NC(=O)/C(=C\c1ccc([N+](=O)[O-])cc1)NC(=O)c1ccccc1Br. The van der Waals surface area contributed by atoms with Gasteiger partial charge < -0.3 is 11.1 Å². The number of hydrogen-bond acceptors (Lipinski definition) is 4. The molecule has 0 atom stereocenters. The van der Waals surface area contributed by atoms with Crippen LogP contribution in [0.1, 0.15) is 15.9 Å². The van der Waals surface area contributed by atoms with Crippen LogP contribution in [0.4, 0.5) is 5.69 Å². The second-order valence-corrected chi connectivity index (χ2v) is 5.56. The van der Waals surface area contributed by atoms with Crippen LogP contribution < -0.4 is 11.1 Å². The highest BCUT2D eigenvalue weighted by molar-refractivity contribution is 9.10. The van der Waals surface area contributed by atoms with Crippen LogP contribution in [0.3, 0.4) is 0 Å². The summed E-state index contributed by atoms with van der Waals surface area (Å²) >= 11 is 3.25. The van der Waals surface area contributed by atoms with E-state index in [0.29, 0.717) is 15.6 Å². The molecule has 0 radical (unpaired) electrons. The van der Waals surface area contributed by atoms with Crippen LogP contribution >= 0.6 is 15.9 Å². The number of rotatable bonds is 5. The number of nitrogens with one attached hydrogen (secondary N) is 1. The van der Waals surface area contributed by atoms with Gasteiger partial charge in [0.25, 0.3) is 17.5 Å². The number of non-ortho nitro benzene ring substituents is 1. The summed E-state index contributed by atoms with van der Waals surface area (Å²) in [5, 5.41) is 13.1. The van der Waals surface area contributed by atoms with Gasteiger partial charge >= 0.3 is 0 Å². The maximum Gasteiger partial charge on any atom is 0.269 e. The quantitative estimate of drug-likeness (QED) is 0.464. The van der Waals surface area contributed by atoms with Crippen molar-refractivity contribution in [3.05, 3.63) is 79.9 Å². The van der Waals surface area contributed by atoms with Crippen molar-refractivity contribution in [1.29, 1.82) is 0 Å². The molecule has 2 rings (SSSR count). The summed E-state index contributed by atoms with van der Waals surface area (Å²) in [7, 11) is 0. The highest BCUT2D eigenvalue weighted by Crippen LogP contribution is 2.17. The monoisotopic (exact) mass is 389 g/mol. The lowest BCUT2D eigenvalue weighted by Crippen LogP contribution is -2.31. The Hall–Kier alpha value is -3.00. The zero-order valence-corrected chi connectivity index (χ0v) is 13.8. The maximum absolute atomic E-state index is 12.2. The van der Waals surface area contributed by atoms with Gasteiger partial charge in [-0.25, -0.2) is 0 Å². The highest BCUT2D eigenvalue weighted by Gasteiger charge is 2.14. The number of benzene rings is 2. The predicted octanol–water partition coefficient (Wildman–Crippen LogP) is 2.61. The van der Waals surface area contributed by atoms with E-state index in [1.165, 1.54) is 30.3 Å². The van der Waals surface area contributed by atoms with Crippen molar-refractivity contribution in [3.63, 3.8) is 0 Å². The number of nitrogens with two attached hydrogens (primary N) is 1. The lowest BCUT2D eigenvalue weighted by molar-refractivity contribution is -0.384. The molecule has 0 saturated carbocycles. The predicted molar refractivity (Wildman–Crippen MR) is 91.9 cm³/mol. The molecule has 0 aromatic heterocycles. The molecule has 3 N–H and O–H groups in total. The molecule has 122 valence electrons. The van der Waals surface area contributed by atoms with Gasteiger partial charge in [0.1, 0.15) is 5.70 Å². The third-order valence-electron chi connectivity index (χ3n) is 3.05. The van der Waals surface area contributed by atoms with Crippen molar-refractivity contribution in [2.45, 2.75) is 0 Å². The molecule has 2 aromatic carbocycles. The van der Waals surface area contributed by atoms with E-state index >= 15 is 0 Å². The first-order chi connectivity index (χ1) is 11.4. The second-order valence-electron chi connectivity index (χ2n) is 4.70. The third-order valence-corrected chi connectivity index (χ3v) is 3.74. The first-order valence-electron chi connectivity index (χ1n) is 6.70. The lowest BCUT2D eigenvalue weighted by atomic mass is 10.1. The Labute approximate surface area is 145 Å². The van der Waals surface area contributed by atoms with Gasteiger partial charge in [-0.05, 0) is 51.8 Å². The number of nitro groups is 1. The van der Waals surface area contributed by atoms with Crippen molar-refractivity contribution in [1.82, 2.24) is 5.32 Å². The highest BCUT2D eigenvalue weighted by atomic mass is 79.9. The average Bonchev–Trinajstić information content (AvgIpc) is 2.54. The molecule has 2 amide bonds. The fourth-order valence-electron chi connectivity index (χ4n) is 1.86. The van der Waals surface area contributed by atoms with Gasteiger partial charge in [0.2, 0.25) is 0 Å². The Morgan fingerprint density at radius 1 is 1.12 bits per heavy atom. The molecule has 0 aliphatic rings. The molecule has 0 heterocycles. The molecule has 2 aromatic rings. The number of amides is 2. The van der Waals surface area contributed by atoms with Crippen LogP contribution in [0.15, 0.2) is 58.7 Å². The number of hydrogen-bond donors (Lipinski definition) is 2. The van der Waals surface area contributed by atoms with E-state index < -0.39 is 16.7 Å². The van der Waals surface area contributed by atoms with Crippen LogP contribution in [-0.4, -0.2) is 16.7 Å². The zero-order valence-electron chi connectivity index (χ0n) is 12.2. The minimum atomic E-state index is -0.825. The van der Waals surface area contributed by atoms with Gasteiger partial charge in [0, 0.05) is 16.6 Å².